The van der Waals surface area contributed by atoms with E-state index in [1.807, 2.05) is 18.2 Å². The van der Waals surface area contributed by atoms with Crippen LogP contribution in [0.3, 0.4) is 0 Å². The fourth-order valence-electron chi connectivity index (χ4n) is 2.95. The standard InChI is InChI=1S/C18H19NO/c1-14(20)16-10-3-5-12-18(16)19-13-7-6-9-15-8-2-4-11-17(15)19/h2-5,8,10-12H,6-7,9,13H2,1H3. The Hall–Kier alpha value is -2.09. The zero-order valence-corrected chi connectivity index (χ0v) is 11.8. The third-order valence-electron chi connectivity index (χ3n) is 3.93. The van der Waals surface area contributed by atoms with E-state index in [1.54, 1.807) is 6.92 Å². The molecule has 0 atom stereocenters. The minimum atomic E-state index is 0.127. The average Bonchev–Trinajstić information content (AvgIpc) is 2.69. The Bertz CT molecular complexity index is 633. The van der Waals surface area contributed by atoms with Crippen molar-refractivity contribution in [2.75, 3.05) is 11.4 Å². The van der Waals surface area contributed by atoms with Gasteiger partial charge < -0.3 is 4.90 Å². The number of ketones is 1. The van der Waals surface area contributed by atoms with Crippen molar-refractivity contribution < 1.29 is 4.79 Å². The maximum atomic E-state index is 11.9. The molecule has 0 unspecified atom stereocenters. The van der Waals surface area contributed by atoms with Crippen LogP contribution in [0.25, 0.3) is 0 Å². The van der Waals surface area contributed by atoms with E-state index >= 15 is 0 Å². The SMILES string of the molecule is CC(=O)c1ccccc1N1CCCCc2ccccc21. The Morgan fingerprint density at radius 3 is 2.45 bits per heavy atom. The van der Waals surface area contributed by atoms with Crippen LogP contribution in [0.4, 0.5) is 11.4 Å². The minimum absolute atomic E-state index is 0.127. The van der Waals surface area contributed by atoms with Crippen molar-refractivity contribution in [2.45, 2.75) is 26.2 Å². The highest BCUT2D eigenvalue weighted by molar-refractivity contribution is 6.00. The molecule has 0 bridgehead atoms. The summed E-state index contributed by atoms with van der Waals surface area (Å²) in [5.74, 6) is 0.127. The number of carbonyl (C=O) groups excluding carboxylic acids is 1. The summed E-state index contributed by atoms with van der Waals surface area (Å²) >= 11 is 0. The van der Waals surface area contributed by atoms with Crippen LogP contribution >= 0.6 is 0 Å². The number of aryl methyl sites for hydroxylation is 1. The highest BCUT2D eigenvalue weighted by Crippen LogP contribution is 2.34. The predicted octanol–water partition coefficient (Wildman–Crippen LogP) is 4.36. The van der Waals surface area contributed by atoms with Gasteiger partial charge in [-0.05, 0) is 49.9 Å². The van der Waals surface area contributed by atoms with E-state index in [2.05, 4.69) is 35.2 Å². The van der Waals surface area contributed by atoms with Crippen LogP contribution in [0, 0.1) is 0 Å². The average molecular weight is 265 g/mol. The number of para-hydroxylation sites is 2. The van der Waals surface area contributed by atoms with Gasteiger partial charge in [0.15, 0.2) is 5.78 Å². The van der Waals surface area contributed by atoms with E-state index in [4.69, 9.17) is 0 Å². The third-order valence-corrected chi connectivity index (χ3v) is 3.93. The zero-order chi connectivity index (χ0) is 13.9. The lowest BCUT2D eigenvalue weighted by atomic mass is 10.1. The summed E-state index contributed by atoms with van der Waals surface area (Å²) in [4.78, 5) is 14.2. The molecule has 0 aromatic heterocycles. The van der Waals surface area contributed by atoms with Crippen molar-refractivity contribution in [3.8, 4) is 0 Å². The van der Waals surface area contributed by atoms with Gasteiger partial charge in [0.05, 0.1) is 5.69 Å². The van der Waals surface area contributed by atoms with Crippen molar-refractivity contribution in [3.05, 3.63) is 59.7 Å². The normalized spacial score (nSPS) is 14.6. The summed E-state index contributed by atoms with van der Waals surface area (Å²) in [6.45, 7) is 2.61. The Kier molecular flexibility index (Phi) is 3.55. The number of nitrogens with zero attached hydrogens (tertiary/aromatic N) is 1. The van der Waals surface area contributed by atoms with Crippen LogP contribution in [0.5, 0.6) is 0 Å². The lowest BCUT2D eigenvalue weighted by molar-refractivity contribution is 0.101. The van der Waals surface area contributed by atoms with Crippen molar-refractivity contribution >= 4 is 17.2 Å². The molecule has 0 saturated carbocycles. The van der Waals surface area contributed by atoms with E-state index in [-0.39, 0.29) is 5.78 Å². The fourth-order valence-corrected chi connectivity index (χ4v) is 2.95. The second-order valence-electron chi connectivity index (χ2n) is 5.31. The molecule has 3 rings (SSSR count). The molecule has 2 aromatic rings. The van der Waals surface area contributed by atoms with Crippen molar-refractivity contribution in [2.24, 2.45) is 0 Å². The quantitative estimate of drug-likeness (QED) is 0.752. The number of hydrogen-bond donors (Lipinski definition) is 0. The van der Waals surface area contributed by atoms with Gasteiger partial charge >= 0.3 is 0 Å². The molecule has 0 saturated heterocycles. The molecule has 1 aliphatic heterocycles. The summed E-state index contributed by atoms with van der Waals surface area (Å²) in [5, 5.41) is 0. The molecule has 0 spiro atoms. The second-order valence-corrected chi connectivity index (χ2v) is 5.31. The second kappa shape index (κ2) is 5.49. The van der Waals surface area contributed by atoms with E-state index in [9.17, 15) is 4.79 Å². The van der Waals surface area contributed by atoms with E-state index in [0.29, 0.717) is 0 Å². The number of anilines is 2. The van der Waals surface area contributed by atoms with E-state index in [1.165, 1.54) is 17.7 Å². The number of hydrogen-bond acceptors (Lipinski definition) is 2. The van der Waals surface area contributed by atoms with Crippen LogP contribution in [-0.4, -0.2) is 12.3 Å². The Morgan fingerprint density at radius 2 is 1.65 bits per heavy atom. The summed E-state index contributed by atoms with van der Waals surface area (Å²) in [7, 11) is 0. The van der Waals surface area contributed by atoms with Gasteiger partial charge in [-0.25, -0.2) is 0 Å². The predicted molar refractivity (Wildman–Crippen MR) is 82.8 cm³/mol. The Balaban J connectivity index is 2.13. The first-order valence-corrected chi connectivity index (χ1v) is 7.23. The highest BCUT2D eigenvalue weighted by atomic mass is 16.1. The molecule has 0 fully saturated rings. The monoisotopic (exact) mass is 265 g/mol. The maximum absolute atomic E-state index is 11.9. The van der Waals surface area contributed by atoms with Gasteiger partial charge in [0.25, 0.3) is 0 Å². The fraction of sp³-hybridized carbons (Fsp3) is 0.278. The first-order valence-electron chi connectivity index (χ1n) is 7.23. The van der Waals surface area contributed by atoms with Crippen molar-refractivity contribution in [3.63, 3.8) is 0 Å². The highest BCUT2D eigenvalue weighted by Gasteiger charge is 2.19. The number of benzene rings is 2. The molecule has 0 amide bonds. The van der Waals surface area contributed by atoms with Crippen LogP contribution in [0.15, 0.2) is 48.5 Å². The molecular formula is C18H19NO. The number of rotatable bonds is 2. The molecule has 2 nitrogen and oxygen atoms in total. The minimum Gasteiger partial charge on any atom is -0.341 e. The number of fused-ring (bicyclic) bond motifs is 1. The summed E-state index contributed by atoms with van der Waals surface area (Å²) in [5.41, 5.74) is 4.47. The van der Waals surface area contributed by atoms with Crippen LogP contribution < -0.4 is 4.90 Å². The lowest BCUT2D eigenvalue weighted by Gasteiger charge is -2.26. The third kappa shape index (κ3) is 2.34. The summed E-state index contributed by atoms with van der Waals surface area (Å²) in [6.07, 6.45) is 3.48. The Labute approximate surface area is 120 Å². The van der Waals surface area contributed by atoms with Gasteiger partial charge in [0, 0.05) is 17.8 Å². The maximum Gasteiger partial charge on any atom is 0.161 e. The van der Waals surface area contributed by atoms with Crippen molar-refractivity contribution in [1.29, 1.82) is 0 Å². The van der Waals surface area contributed by atoms with Gasteiger partial charge in [-0.1, -0.05) is 30.3 Å². The van der Waals surface area contributed by atoms with Gasteiger partial charge in [0.1, 0.15) is 0 Å². The smallest absolute Gasteiger partial charge is 0.161 e. The first kappa shape index (κ1) is 12.9. The molecule has 0 N–H and O–H groups in total. The van der Waals surface area contributed by atoms with Crippen LogP contribution in [0.2, 0.25) is 0 Å². The molecule has 102 valence electrons. The zero-order valence-electron chi connectivity index (χ0n) is 11.8. The van der Waals surface area contributed by atoms with Crippen molar-refractivity contribution in [1.82, 2.24) is 0 Å². The van der Waals surface area contributed by atoms with Gasteiger partial charge in [-0.2, -0.15) is 0 Å². The first-order chi connectivity index (χ1) is 9.77. The van der Waals surface area contributed by atoms with Crippen LogP contribution in [-0.2, 0) is 6.42 Å². The molecule has 0 radical (unpaired) electrons. The number of Topliss-reactive ketones (excluding diaryl/α,β-unsaturated/α-hetero) is 1. The largest absolute Gasteiger partial charge is 0.341 e. The molecule has 2 heteroatoms. The molecule has 1 heterocycles. The van der Waals surface area contributed by atoms with Gasteiger partial charge in [0.2, 0.25) is 0 Å². The molecular weight excluding hydrogens is 246 g/mol. The summed E-state index contributed by atoms with van der Waals surface area (Å²) in [6, 6.07) is 16.5. The molecule has 1 aliphatic rings. The topological polar surface area (TPSA) is 20.3 Å². The van der Waals surface area contributed by atoms with E-state index < -0.39 is 0 Å². The van der Waals surface area contributed by atoms with Gasteiger partial charge in [-0.3, -0.25) is 4.79 Å². The van der Waals surface area contributed by atoms with Crippen LogP contribution in [0.1, 0.15) is 35.7 Å². The van der Waals surface area contributed by atoms with E-state index in [0.717, 1.165) is 30.6 Å². The molecule has 2 aromatic carbocycles. The van der Waals surface area contributed by atoms with Gasteiger partial charge in [-0.15, -0.1) is 0 Å². The molecule has 0 aliphatic carbocycles. The summed E-state index contributed by atoms with van der Waals surface area (Å²) < 4.78 is 0. The number of carbonyl (C=O) groups is 1. The molecule has 20 heavy (non-hydrogen) atoms. The lowest BCUT2D eigenvalue weighted by Crippen LogP contribution is -2.20. The Morgan fingerprint density at radius 1 is 0.950 bits per heavy atom.